The lowest BCUT2D eigenvalue weighted by Crippen LogP contribution is -2.37. The van der Waals surface area contributed by atoms with Crippen molar-refractivity contribution < 1.29 is 9.59 Å². The number of nitrogens with two attached hydrogens (primary N) is 1. The smallest absolute Gasteiger partial charge is 0.252 e. The van der Waals surface area contributed by atoms with E-state index in [1.54, 1.807) is 36.4 Å². The van der Waals surface area contributed by atoms with Crippen LogP contribution < -0.4 is 11.1 Å². The molecule has 4 rings (SSSR count). The van der Waals surface area contributed by atoms with Crippen molar-refractivity contribution in [2.75, 3.05) is 0 Å². The number of halogens is 1. The number of aromatic nitrogens is 1. The highest BCUT2D eigenvalue weighted by Crippen LogP contribution is 2.30. The largest absolute Gasteiger partial charge is 0.368 e. The Kier molecular flexibility index (Phi) is 5.46. The van der Waals surface area contributed by atoms with Crippen LogP contribution in [0.5, 0.6) is 0 Å². The lowest BCUT2D eigenvalue weighted by atomic mass is 10.0. The van der Waals surface area contributed by atoms with Crippen molar-refractivity contribution in [2.24, 2.45) is 5.73 Å². The van der Waals surface area contributed by atoms with E-state index in [1.165, 1.54) is 0 Å². The number of hydrogen-bond donors (Lipinski definition) is 2. The average Bonchev–Trinajstić information content (AvgIpc) is 2.77. The molecule has 1 atom stereocenters. The molecule has 6 heteroatoms. The summed E-state index contributed by atoms with van der Waals surface area (Å²) in [5, 5.41) is 3.96. The van der Waals surface area contributed by atoms with E-state index in [1.807, 2.05) is 48.5 Å². The van der Waals surface area contributed by atoms with E-state index in [0.29, 0.717) is 38.3 Å². The molecular formula is C24H18ClN3O2. The topological polar surface area (TPSA) is 85.1 Å². The summed E-state index contributed by atoms with van der Waals surface area (Å²) in [5.41, 5.74) is 8.50. The molecular weight excluding hydrogens is 398 g/mol. The van der Waals surface area contributed by atoms with Gasteiger partial charge in [-0.3, -0.25) is 9.59 Å². The molecule has 0 aliphatic rings. The summed E-state index contributed by atoms with van der Waals surface area (Å²) < 4.78 is 0. The molecule has 0 radical (unpaired) electrons. The zero-order chi connectivity index (χ0) is 21.1. The van der Waals surface area contributed by atoms with Crippen molar-refractivity contribution in [3.8, 4) is 11.3 Å². The summed E-state index contributed by atoms with van der Waals surface area (Å²) in [5.74, 6) is -1.06. The van der Waals surface area contributed by atoms with Crippen molar-refractivity contribution in [1.82, 2.24) is 10.3 Å². The fourth-order valence-corrected chi connectivity index (χ4v) is 3.58. The lowest BCUT2D eigenvalue weighted by Gasteiger charge is -2.17. The number of hydrogen-bond acceptors (Lipinski definition) is 3. The third-order valence-corrected chi connectivity index (χ3v) is 5.13. The Morgan fingerprint density at radius 2 is 1.57 bits per heavy atom. The molecule has 0 aliphatic carbocycles. The standard InChI is InChI=1S/C24H18ClN3O2/c25-19-12-6-4-11-17(19)21-14-18(16-10-5-7-13-20(16)27-21)24(30)28-22(23(26)29)15-8-2-1-3-9-15/h1-14,22H,(H2,26,29)(H,28,30). The van der Waals surface area contributed by atoms with Gasteiger partial charge in [0.25, 0.3) is 5.91 Å². The van der Waals surface area contributed by atoms with Crippen molar-refractivity contribution in [3.05, 3.63) is 101 Å². The van der Waals surface area contributed by atoms with Gasteiger partial charge in [-0.25, -0.2) is 4.98 Å². The molecule has 1 aromatic heterocycles. The minimum absolute atomic E-state index is 0.387. The molecule has 0 bridgehead atoms. The summed E-state index contributed by atoms with van der Waals surface area (Å²) in [4.78, 5) is 29.9. The second-order valence-electron chi connectivity index (χ2n) is 6.77. The highest BCUT2D eigenvalue weighted by atomic mass is 35.5. The number of pyridine rings is 1. The maximum absolute atomic E-state index is 13.2. The summed E-state index contributed by atoms with van der Waals surface area (Å²) in [6, 6.07) is 24.3. The maximum Gasteiger partial charge on any atom is 0.252 e. The molecule has 0 spiro atoms. The minimum atomic E-state index is -0.950. The normalized spacial score (nSPS) is 11.8. The van der Waals surface area contributed by atoms with Gasteiger partial charge in [-0.1, -0.05) is 78.3 Å². The molecule has 0 fully saturated rings. The quantitative estimate of drug-likeness (QED) is 0.502. The monoisotopic (exact) mass is 415 g/mol. The number of nitrogens with one attached hydrogen (secondary N) is 1. The number of carbonyl (C=O) groups excluding carboxylic acids is 2. The summed E-state index contributed by atoms with van der Waals surface area (Å²) >= 11 is 6.35. The second kappa shape index (κ2) is 8.35. The predicted molar refractivity (Wildman–Crippen MR) is 118 cm³/mol. The Balaban J connectivity index is 1.80. The van der Waals surface area contributed by atoms with Crippen LogP contribution in [0.25, 0.3) is 22.2 Å². The fourth-order valence-electron chi connectivity index (χ4n) is 3.34. The fraction of sp³-hybridized carbons (Fsp3) is 0.0417. The molecule has 30 heavy (non-hydrogen) atoms. The van der Waals surface area contributed by atoms with Crippen LogP contribution in [0.15, 0.2) is 84.9 Å². The van der Waals surface area contributed by atoms with Crippen LogP contribution in [0.3, 0.4) is 0 Å². The highest BCUT2D eigenvalue weighted by Gasteiger charge is 2.23. The van der Waals surface area contributed by atoms with Crippen LogP contribution in [0.4, 0.5) is 0 Å². The first-order valence-electron chi connectivity index (χ1n) is 9.34. The van der Waals surface area contributed by atoms with Crippen molar-refractivity contribution in [3.63, 3.8) is 0 Å². The van der Waals surface area contributed by atoms with E-state index >= 15 is 0 Å². The van der Waals surface area contributed by atoms with E-state index in [4.69, 9.17) is 17.3 Å². The Morgan fingerprint density at radius 3 is 2.30 bits per heavy atom. The minimum Gasteiger partial charge on any atom is -0.368 e. The lowest BCUT2D eigenvalue weighted by molar-refractivity contribution is -0.120. The first-order valence-corrected chi connectivity index (χ1v) is 9.72. The van der Waals surface area contributed by atoms with Crippen LogP contribution >= 0.6 is 11.6 Å². The number of rotatable bonds is 5. The second-order valence-corrected chi connectivity index (χ2v) is 7.18. The molecule has 0 aliphatic heterocycles. The highest BCUT2D eigenvalue weighted by molar-refractivity contribution is 6.33. The number of nitrogens with zero attached hydrogens (tertiary/aromatic N) is 1. The van der Waals surface area contributed by atoms with Gasteiger partial charge < -0.3 is 11.1 Å². The van der Waals surface area contributed by atoms with Gasteiger partial charge in [-0.2, -0.15) is 0 Å². The molecule has 5 nitrogen and oxygen atoms in total. The van der Waals surface area contributed by atoms with Crippen molar-refractivity contribution >= 4 is 34.3 Å². The number of para-hydroxylation sites is 1. The van der Waals surface area contributed by atoms with Gasteiger partial charge in [0.15, 0.2) is 0 Å². The SMILES string of the molecule is NC(=O)C(NC(=O)c1cc(-c2ccccc2Cl)nc2ccccc12)c1ccccc1. The van der Waals surface area contributed by atoms with Crippen LogP contribution in [-0.4, -0.2) is 16.8 Å². The van der Waals surface area contributed by atoms with Gasteiger partial charge in [0.05, 0.1) is 16.8 Å². The molecule has 2 amide bonds. The van der Waals surface area contributed by atoms with Gasteiger partial charge in [-0.15, -0.1) is 0 Å². The van der Waals surface area contributed by atoms with Gasteiger partial charge in [0.1, 0.15) is 6.04 Å². The summed E-state index contributed by atoms with van der Waals surface area (Å²) in [6.07, 6.45) is 0. The van der Waals surface area contributed by atoms with Crippen LogP contribution in [0.2, 0.25) is 5.02 Å². The molecule has 148 valence electrons. The van der Waals surface area contributed by atoms with Crippen molar-refractivity contribution in [1.29, 1.82) is 0 Å². The molecule has 1 heterocycles. The molecule has 1 unspecified atom stereocenters. The Bertz CT molecular complexity index is 1240. The van der Waals surface area contributed by atoms with Crippen LogP contribution in [0.1, 0.15) is 22.0 Å². The van der Waals surface area contributed by atoms with E-state index in [2.05, 4.69) is 10.3 Å². The number of primary amides is 1. The maximum atomic E-state index is 13.2. The van der Waals surface area contributed by atoms with E-state index in [9.17, 15) is 9.59 Å². The number of carbonyl (C=O) groups is 2. The molecule has 0 saturated carbocycles. The van der Waals surface area contributed by atoms with Gasteiger partial charge in [0.2, 0.25) is 5.91 Å². The molecule has 3 N–H and O–H groups in total. The number of fused-ring (bicyclic) bond motifs is 1. The zero-order valence-corrected chi connectivity index (χ0v) is 16.6. The summed E-state index contributed by atoms with van der Waals surface area (Å²) in [7, 11) is 0. The Morgan fingerprint density at radius 1 is 0.900 bits per heavy atom. The molecule has 4 aromatic rings. The first-order chi connectivity index (χ1) is 14.5. The predicted octanol–water partition coefficient (Wildman–Crippen LogP) is 4.51. The van der Waals surface area contributed by atoms with Gasteiger partial charge in [-0.05, 0) is 23.8 Å². The average molecular weight is 416 g/mol. The van der Waals surface area contributed by atoms with Gasteiger partial charge in [0, 0.05) is 16.0 Å². The third kappa shape index (κ3) is 3.88. The summed E-state index contributed by atoms with van der Waals surface area (Å²) in [6.45, 7) is 0. The van der Waals surface area contributed by atoms with Crippen molar-refractivity contribution in [2.45, 2.75) is 6.04 Å². The zero-order valence-electron chi connectivity index (χ0n) is 15.9. The number of amides is 2. The Hall–Kier alpha value is -3.70. The molecule has 0 saturated heterocycles. The van der Waals surface area contributed by atoms with Crippen LogP contribution in [-0.2, 0) is 4.79 Å². The van der Waals surface area contributed by atoms with E-state index < -0.39 is 17.9 Å². The van der Waals surface area contributed by atoms with Gasteiger partial charge >= 0.3 is 0 Å². The Labute approximate surface area is 178 Å². The third-order valence-electron chi connectivity index (χ3n) is 4.80. The first kappa shape index (κ1) is 19.6. The van der Waals surface area contributed by atoms with Crippen LogP contribution in [0, 0.1) is 0 Å². The molecule has 3 aromatic carbocycles. The van der Waals surface area contributed by atoms with E-state index in [0.717, 1.165) is 0 Å². The number of benzene rings is 3. The van der Waals surface area contributed by atoms with E-state index in [-0.39, 0.29) is 0 Å².